The number of aliphatic hydroxyl groups excluding tert-OH is 1. The topological polar surface area (TPSA) is 78.4 Å². The monoisotopic (exact) mass is 294 g/mol. The fraction of sp³-hybridized carbons (Fsp3) is 0.875. The van der Waals surface area contributed by atoms with Crippen molar-refractivity contribution in [2.45, 2.75) is 63.5 Å². The van der Waals surface area contributed by atoms with E-state index >= 15 is 0 Å². The van der Waals surface area contributed by atoms with Crippen molar-refractivity contribution in [1.82, 2.24) is 10.6 Å². The molecular weight excluding hydrogens is 268 g/mol. The molecule has 4 aliphatic rings. The van der Waals surface area contributed by atoms with Crippen LogP contribution in [0.3, 0.4) is 0 Å². The lowest BCUT2D eigenvalue weighted by Crippen LogP contribution is -2.62. The molecule has 118 valence electrons. The van der Waals surface area contributed by atoms with Gasteiger partial charge in [-0.25, -0.2) is 0 Å². The molecule has 0 radical (unpaired) electrons. The second-order valence-corrected chi connectivity index (χ2v) is 7.41. The zero-order valence-electron chi connectivity index (χ0n) is 12.7. The van der Waals surface area contributed by atoms with Crippen LogP contribution in [0.2, 0.25) is 0 Å². The molecule has 5 heteroatoms. The van der Waals surface area contributed by atoms with Crippen molar-refractivity contribution in [3.8, 4) is 0 Å². The van der Waals surface area contributed by atoms with Crippen LogP contribution in [-0.4, -0.2) is 35.1 Å². The molecule has 4 fully saturated rings. The van der Waals surface area contributed by atoms with Gasteiger partial charge in [0.1, 0.15) is 0 Å². The van der Waals surface area contributed by atoms with Gasteiger partial charge in [-0.2, -0.15) is 0 Å². The molecular formula is C16H26N2O3. The summed E-state index contributed by atoms with van der Waals surface area (Å²) >= 11 is 0. The average Bonchev–Trinajstić information content (AvgIpc) is 2.42. The van der Waals surface area contributed by atoms with Gasteiger partial charge in [-0.1, -0.05) is 6.92 Å². The highest BCUT2D eigenvalue weighted by Crippen LogP contribution is 2.55. The molecule has 0 aromatic heterocycles. The third-order valence-electron chi connectivity index (χ3n) is 5.67. The Hall–Kier alpha value is -1.10. The standard InChI is InChI=1S/C16H26N2O3/c1-2-13(9-19)17-14(20)15(21)18-16-6-10-3-11(7-16)5-12(4-10)8-16/h10-13,19H,2-9H2,1H3,(H,17,20)(H,18,21). The van der Waals surface area contributed by atoms with Crippen molar-refractivity contribution >= 4 is 11.8 Å². The summed E-state index contributed by atoms with van der Waals surface area (Å²) in [6.07, 6.45) is 7.66. The smallest absolute Gasteiger partial charge is 0.309 e. The summed E-state index contributed by atoms with van der Waals surface area (Å²) in [5.74, 6) is 1.08. The van der Waals surface area contributed by atoms with Crippen LogP contribution in [0, 0.1) is 17.8 Å². The molecule has 0 heterocycles. The van der Waals surface area contributed by atoms with Crippen LogP contribution in [0.25, 0.3) is 0 Å². The molecule has 2 amide bonds. The van der Waals surface area contributed by atoms with E-state index in [4.69, 9.17) is 5.11 Å². The van der Waals surface area contributed by atoms with Crippen molar-refractivity contribution < 1.29 is 14.7 Å². The summed E-state index contributed by atoms with van der Waals surface area (Å²) in [4.78, 5) is 24.2. The molecule has 1 atom stereocenters. The lowest BCUT2D eigenvalue weighted by molar-refractivity contribution is -0.143. The number of nitrogens with one attached hydrogen (secondary N) is 2. The van der Waals surface area contributed by atoms with Gasteiger partial charge < -0.3 is 15.7 Å². The van der Waals surface area contributed by atoms with Crippen LogP contribution in [0.5, 0.6) is 0 Å². The Morgan fingerprint density at radius 3 is 2.05 bits per heavy atom. The van der Waals surface area contributed by atoms with E-state index in [0.717, 1.165) is 37.0 Å². The fourth-order valence-corrected chi connectivity index (χ4v) is 5.09. The number of rotatable bonds is 4. The first kappa shape index (κ1) is 14.8. The maximum Gasteiger partial charge on any atom is 0.309 e. The molecule has 0 aromatic carbocycles. The highest BCUT2D eigenvalue weighted by molar-refractivity contribution is 6.35. The number of carbonyl (C=O) groups is 2. The summed E-state index contributed by atoms with van der Waals surface area (Å²) in [5.41, 5.74) is -0.135. The van der Waals surface area contributed by atoms with Crippen LogP contribution in [0.4, 0.5) is 0 Å². The summed E-state index contributed by atoms with van der Waals surface area (Å²) in [6, 6.07) is -0.334. The fourth-order valence-electron chi connectivity index (χ4n) is 5.09. The Morgan fingerprint density at radius 2 is 1.62 bits per heavy atom. The van der Waals surface area contributed by atoms with Gasteiger partial charge >= 0.3 is 11.8 Å². The number of aliphatic hydroxyl groups is 1. The Labute approximate surface area is 125 Å². The average molecular weight is 294 g/mol. The highest BCUT2D eigenvalue weighted by Gasteiger charge is 2.51. The van der Waals surface area contributed by atoms with E-state index < -0.39 is 11.8 Å². The molecule has 4 saturated carbocycles. The quantitative estimate of drug-likeness (QED) is 0.676. The SMILES string of the molecule is CCC(CO)NC(=O)C(=O)NC12CC3CC(CC(C3)C1)C2. The van der Waals surface area contributed by atoms with Crippen LogP contribution in [0.15, 0.2) is 0 Å². The minimum atomic E-state index is -0.605. The predicted molar refractivity (Wildman–Crippen MR) is 78.4 cm³/mol. The molecule has 0 saturated heterocycles. The number of carbonyl (C=O) groups excluding carboxylic acids is 2. The molecule has 3 N–H and O–H groups in total. The van der Waals surface area contributed by atoms with Crippen LogP contribution in [0.1, 0.15) is 51.9 Å². The van der Waals surface area contributed by atoms with Crippen LogP contribution in [-0.2, 0) is 9.59 Å². The lowest BCUT2D eigenvalue weighted by Gasteiger charge is -2.56. The maximum atomic E-state index is 12.2. The van der Waals surface area contributed by atoms with E-state index in [0.29, 0.717) is 6.42 Å². The minimum absolute atomic E-state index is 0.132. The van der Waals surface area contributed by atoms with Crippen molar-refractivity contribution in [1.29, 1.82) is 0 Å². The maximum absolute atomic E-state index is 12.2. The molecule has 1 unspecified atom stereocenters. The normalized spacial score (nSPS) is 38.1. The van der Waals surface area contributed by atoms with E-state index in [9.17, 15) is 9.59 Å². The van der Waals surface area contributed by atoms with E-state index in [1.807, 2.05) is 6.92 Å². The number of hydrogen-bond acceptors (Lipinski definition) is 3. The van der Waals surface area contributed by atoms with Gasteiger partial charge in [-0.15, -0.1) is 0 Å². The Morgan fingerprint density at radius 1 is 1.10 bits per heavy atom. The molecule has 4 bridgehead atoms. The van der Waals surface area contributed by atoms with E-state index in [1.54, 1.807) is 0 Å². The first-order valence-corrected chi connectivity index (χ1v) is 8.27. The van der Waals surface area contributed by atoms with Crippen LogP contribution < -0.4 is 10.6 Å². The van der Waals surface area contributed by atoms with Gasteiger partial charge in [-0.05, 0) is 62.7 Å². The summed E-state index contributed by atoms with van der Waals surface area (Å²) in [6.45, 7) is 1.74. The molecule has 5 nitrogen and oxygen atoms in total. The molecule has 0 aliphatic heterocycles. The van der Waals surface area contributed by atoms with E-state index in [1.165, 1.54) is 19.3 Å². The largest absolute Gasteiger partial charge is 0.394 e. The summed E-state index contributed by atoms with van der Waals surface area (Å²) in [5, 5.41) is 14.8. The third-order valence-corrected chi connectivity index (χ3v) is 5.67. The number of hydrogen-bond donors (Lipinski definition) is 3. The summed E-state index contributed by atoms with van der Waals surface area (Å²) in [7, 11) is 0. The van der Waals surface area contributed by atoms with Crippen LogP contribution >= 0.6 is 0 Å². The van der Waals surface area contributed by atoms with Gasteiger partial charge in [0.2, 0.25) is 0 Å². The van der Waals surface area contributed by atoms with Gasteiger partial charge in [0.25, 0.3) is 0 Å². The van der Waals surface area contributed by atoms with Gasteiger partial charge in [0.15, 0.2) is 0 Å². The van der Waals surface area contributed by atoms with E-state index in [2.05, 4.69) is 10.6 Å². The number of amides is 2. The zero-order chi connectivity index (χ0) is 15.0. The predicted octanol–water partition coefficient (Wildman–Crippen LogP) is 0.958. The van der Waals surface area contributed by atoms with E-state index in [-0.39, 0.29) is 18.2 Å². The molecule has 0 spiro atoms. The molecule has 4 rings (SSSR count). The Balaban J connectivity index is 1.61. The van der Waals surface area contributed by atoms with Crippen molar-refractivity contribution in [2.24, 2.45) is 17.8 Å². The Bertz CT molecular complexity index is 396. The van der Waals surface area contributed by atoms with Crippen molar-refractivity contribution in [3.63, 3.8) is 0 Å². The highest BCUT2D eigenvalue weighted by atomic mass is 16.3. The second kappa shape index (κ2) is 5.59. The van der Waals surface area contributed by atoms with Gasteiger partial charge in [0.05, 0.1) is 12.6 Å². The lowest BCUT2D eigenvalue weighted by atomic mass is 9.53. The zero-order valence-corrected chi connectivity index (χ0v) is 12.7. The first-order chi connectivity index (χ1) is 10.0. The second-order valence-electron chi connectivity index (χ2n) is 7.41. The molecule has 21 heavy (non-hydrogen) atoms. The van der Waals surface area contributed by atoms with Gasteiger partial charge in [-0.3, -0.25) is 9.59 Å². The molecule has 4 aliphatic carbocycles. The first-order valence-electron chi connectivity index (χ1n) is 8.27. The minimum Gasteiger partial charge on any atom is -0.394 e. The third kappa shape index (κ3) is 2.93. The molecule has 0 aromatic rings. The van der Waals surface area contributed by atoms with Gasteiger partial charge in [0, 0.05) is 5.54 Å². The Kier molecular flexibility index (Phi) is 3.95. The summed E-state index contributed by atoms with van der Waals surface area (Å²) < 4.78 is 0. The van der Waals surface area contributed by atoms with Crippen molar-refractivity contribution in [2.75, 3.05) is 6.61 Å². The van der Waals surface area contributed by atoms with Crippen molar-refractivity contribution in [3.05, 3.63) is 0 Å².